The van der Waals surface area contributed by atoms with E-state index in [9.17, 15) is 0 Å². The summed E-state index contributed by atoms with van der Waals surface area (Å²) in [5, 5.41) is 18.1. The van der Waals surface area contributed by atoms with Gasteiger partial charge in [-0.3, -0.25) is 0 Å². The quantitative estimate of drug-likeness (QED) is 0.752. The van der Waals surface area contributed by atoms with Crippen molar-refractivity contribution >= 4 is 18.3 Å². The molecule has 0 aliphatic heterocycles. The largest absolute Gasteiger partial charge is 0.492 e. The molecule has 0 atom stereocenters. The molecule has 0 unspecified atom stereocenters. The second kappa shape index (κ2) is 7.71. The van der Waals surface area contributed by atoms with Crippen LogP contribution in [0.15, 0.2) is 54.6 Å². The highest BCUT2D eigenvalue weighted by Gasteiger charge is 2.10. The molecule has 21 heavy (non-hydrogen) atoms. The fourth-order valence-corrected chi connectivity index (χ4v) is 2.12. The van der Waals surface area contributed by atoms with Gasteiger partial charge in [0, 0.05) is 12.2 Å². The molecule has 0 aromatic heterocycles. The van der Waals surface area contributed by atoms with Crippen molar-refractivity contribution in [3.05, 3.63) is 54.6 Å². The van der Waals surface area contributed by atoms with Gasteiger partial charge >= 0.3 is 7.12 Å². The summed E-state index contributed by atoms with van der Waals surface area (Å²) in [7, 11) is -1.44. The molecule has 0 heterocycles. The minimum atomic E-state index is -1.44. The Hall–Kier alpha value is -1.98. The van der Waals surface area contributed by atoms with Crippen molar-refractivity contribution < 1.29 is 14.8 Å². The van der Waals surface area contributed by atoms with Crippen LogP contribution in [-0.2, 0) is 0 Å². The van der Waals surface area contributed by atoms with Crippen LogP contribution < -0.4 is 15.1 Å². The minimum absolute atomic E-state index is 0.460. The Morgan fingerprint density at radius 3 is 2.24 bits per heavy atom. The number of para-hydroxylation sites is 1. The summed E-state index contributed by atoms with van der Waals surface area (Å²) in [6, 6.07) is 17.0. The van der Waals surface area contributed by atoms with E-state index < -0.39 is 7.12 Å². The number of likely N-dealkylation sites (N-methyl/N-ethyl adjacent to an activating group) is 1. The normalized spacial score (nSPS) is 10.2. The van der Waals surface area contributed by atoms with Gasteiger partial charge in [-0.15, -0.1) is 0 Å². The zero-order valence-electron chi connectivity index (χ0n) is 12.1. The fourth-order valence-electron chi connectivity index (χ4n) is 2.12. The average Bonchev–Trinajstić information content (AvgIpc) is 2.53. The van der Waals surface area contributed by atoms with Crippen molar-refractivity contribution in [2.75, 3.05) is 24.6 Å². The SMILES string of the molecule is CCN(CCOc1ccc(B(O)O)cc1)c1ccccc1. The molecule has 0 aliphatic rings. The van der Waals surface area contributed by atoms with Gasteiger partial charge in [-0.05, 0) is 36.7 Å². The van der Waals surface area contributed by atoms with Gasteiger partial charge in [0.05, 0.1) is 6.54 Å². The molecule has 0 bridgehead atoms. The molecule has 110 valence electrons. The van der Waals surface area contributed by atoms with Crippen LogP contribution in [0.1, 0.15) is 6.92 Å². The first-order valence-electron chi connectivity index (χ1n) is 7.09. The Morgan fingerprint density at radius 2 is 1.67 bits per heavy atom. The lowest BCUT2D eigenvalue weighted by Gasteiger charge is -2.23. The lowest BCUT2D eigenvalue weighted by Crippen LogP contribution is -2.29. The maximum Gasteiger partial charge on any atom is 0.488 e. The van der Waals surface area contributed by atoms with E-state index in [2.05, 4.69) is 24.0 Å². The third-order valence-corrected chi connectivity index (χ3v) is 3.31. The minimum Gasteiger partial charge on any atom is -0.492 e. The van der Waals surface area contributed by atoms with Gasteiger partial charge in [0.25, 0.3) is 0 Å². The van der Waals surface area contributed by atoms with E-state index in [0.29, 0.717) is 12.1 Å². The van der Waals surface area contributed by atoms with Gasteiger partial charge in [0.15, 0.2) is 0 Å². The predicted molar refractivity (Wildman–Crippen MR) is 86.1 cm³/mol. The van der Waals surface area contributed by atoms with Gasteiger partial charge in [0.2, 0.25) is 0 Å². The van der Waals surface area contributed by atoms with E-state index in [1.165, 1.54) is 5.69 Å². The number of anilines is 1. The topological polar surface area (TPSA) is 52.9 Å². The maximum atomic E-state index is 9.03. The van der Waals surface area contributed by atoms with Crippen molar-refractivity contribution in [1.82, 2.24) is 0 Å². The van der Waals surface area contributed by atoms with E-state index >= 15 is 0 Å². The van der Waals surface area contributed by atoms with E-state index in [4.69, 9.17) is 14.8 Å². The Morgan fingerprint density at radius 1 is 1.00 bits per heavy atom. The summed E-state index contributed by atoms with van der Waals surface area (Å²) in [6.45, 7) is 4.40. The summed E-state index contributed by atoms with van der Waals surface area (Å²) in [4.78, 5) is 2.24. The van der Waals surface area contributed by atoms with Gasteiger partial charge in [-0.2, -0.15) is 0 Å². The van der Waals surface area contributed by atoms with Crippen LogP contribution >= 0.6 is 0 Å². The Bertz CT molecular complexity index is 531. The molecule has 0 fully saturated rings. The molecule has 0 spiro atoms. The summed E-state index contributed by atoms with van der Waals surface area (Å²) >= 11 is 0. The van der Waals surface area contributed by atoms with E-state index in [-0.39, 0.29) is 0 Å². The van der Waals surface area contributed by atoms with Gasteiger partial charge in [0.1, 0.15) is 12.4 Å². The van der Waals surface area contributed by atoms with E-state index in [1.807, 2.05) is 18.2 Å². The van der Waals surface area contributed by atoms with Crippen LogP contribution in [0.5, 0.6) is 5.75 Å². The molecule has 2 aromatic rings. The number of ether oxygens (including phenoxy) is 1. The second-order valence-electron chi connectivity index (χ2n) is 4.71. The highest BCUT2D eigenvalue weighted by atomic mass is 16.5. The zero-order chi connectivity index (χ0) is 15.1. The first-order valence-corrected chi connectivity index (χ1v) is 7.09. The summed E-state index contributed by atoms with van der Waals surface area (Å²) < 4.78 is 5.69. The van der Waals surface area contributed by atoms with Crippen LogP contribution in [-0.4, -0.2) is 36.9 Å². The average molecular weight is 285 g/mol. The van der Waals surface area contributed by atoms with Crippen LogP contribution in [0.3, 0.4) is 0 Å². The van der Waals surface area contributed by atoms with Gasteiger partial charge < -0.3 is 19.7 Å². The molecule has 0 saturated carbocycles. The Labute approximate surface area is 125 Å². The Balaban J connectivity index is 1.85. The molecule has 0 radical (unpaired) electrons. The smallest absolute Gasteiger partial charge is 0.488 e. The standard InChI is InChI=1S/C16H20BNO3/c1-2-18(15-6-4-3-5-7-15)12-13-21-16-10-8-14(9-11-16)17(19)20/h3-11,19-20H,2,12-13H2,1H3. The van der Waals surface area contributed by atoms with Gasteiger partial charge in [-0.1, -0.05) is 30.3 Å². The predicted octanol–water partition coefficient (Wildman–Crippen LogP) is 1.27. The fraction of sp³-hybridized carbons (Fsp3) is 0.250. The third-order valence-electron chi connectivity index (χ3n) is 3.31. The molecule has 0 aliphatic carbocycles. The first kappa shape index (κ1) is 15.4. The molecule has 2 aromatic carbocycles. The van der Waals surface area contributed by atoms with E-state index in [1.54, 1.807) is 24.3 Å². The molecule has 0 amide bonds. The molecule has 0 saturated heterocycles. The third kappa shape index (κ3) is 4.51. The number of rotatable bonds is 7. The summed E-state index contributed by atoms with van der Waals surface area (Å²) in [5.74, 6) is 0.725. The number of nitrogens with zero attached hydrogens (tertiary/aromatic N) is 1. The highest BCUT2D eigenvalue weighted by Crippen LogP contribution is 2.13. The molecule has 2 rings (SSSR count). The highest BCUT2D eigenvalue weighted by molar-refractivity contribution is 6.58. The maximum absolute atomic E-state index is 9.03. The molecule has 2 N–H and O–H groups in total. The van der Waals surface area contributed by atoms with Crippen molar-refractivity contribution in [2.45, 2.75) is 6.92 Å². The van der Waals surface area contributed by atoms with Crippen LogP contribution in [0.2, 0.25) is 0 Å². The van der Waals surface area contributed by atoms with Crippen molar-refractivity contribution in [1.29, 1.82) is 0 Å². The number of hydrogen-bond donors (Lipinski definition) is 2. The second-order valence-corrected chi connectivity index (χ2v) is 4.71. The van der Waals surface area contributed by atoms with Crippen molar-refractivity contribution in [3.63, 3.8) is 0 Å². The lowest BCUT2D eigenvalue weighted by molar-refractivity contribution is 0.324. The monoisotopic (exact) mass is 285 g/mol. The molecule has 4 nitrogen and oxygen atoms in total. The zero-order valence-corrected chi connectivity index (χ0v) is 12.1. The van der Waals surface area contributed by atoms with Crippen LogP contribution in [0.4, 0.5) is 5.69 Å². The molecule has 5 heteroatoms. The summed E-state index contributed by atoms with van der Waals surface area (Å²) in [6.07, 6.45) is 0. The first-order chi connectivity index (χ1) is 10.2. The van der Waals surface area contributed by atoms with Crippen molar-refractivity contribution in [2.24, 2.45) is 0 Å². The lowest BCUT2D eigenvalue weighted by atomic mass is 9.80. The van der Waals surface area contributed by atoms with Crippen LogP contribution in [0, 0.1) is 0 Å². The van der Waals surface area contributed by atoms with Gasteiger partial charge in [-0.25, -0.2) is 0 Å². The van der Waals surface area contributed by atoms with Crippen molar-refractivity contribution in [3.8, 4) is 5.75 Å². The molecular formula is C16H20BNO3. The van der Waals surface area contributed by atoms with E-state index in [0.717, 1.165) is 18.8 Å². The van der Waals surface area contributed by atoms with Crippen LogP contribution in [0.25, 0.3) is 0 Å². The number of benzene rings is 2. The Kier molecular flexibility index (Phi) is 5.66. The molecular weight excluding hydrogens is 265 g/mol. The summed E-state index contributed by atoms with van der Waals surface area (Å²) in [5.41, 5.74) is 1.64. The number of hydrogen-bond acceptors (Lipinski definition) is 4.